The van der Waals surface area contributed by atoms with E-state index >= 15 is 0 Å². The van der Waals surface area contributed by atoms with Crippen LogP contribution in [-0.2, 0) is 4.79 Å². The molecule has 0 aromatic heterocycles. The van der Waals surface area contributed by atoms with Crippen LogP contribution in [0.15, 0.2) is 60.7 Å². The number of carbonyl (C=O) groups is 2. The fraction of sp³-hybridized carbons (Fsp3) is 0.231. The summed E-state index contributed by atoms with van der Waals surface area (Å²) in [5, 5.41) is 6.15. The van der Waals surface area contributed by atoms with Crippen molar-refractivity contribution in [3.05, 3.63) is 86.9 Å². The highest BCUT2D eigenvalue weighted by atomic mass is 35.5. The summed E-state index contributed by atoms with van der Waals surface area (Å²) in [4.78, 5) is 25.8. The highest BCUT2D eigenvalue weighted by Gasteiger charge is 2.67. The maximum absolute atomic E-state index is 13.1. The normalized spacial score (nSPS) is 18.0. The molecule has 2 N–H and O–H groups in total. The molecule has 3 aromatic rings. The molecule has 4 rings (SSSR count). The largest absolute Gasteiger partial charge is 0.499 e. The van der Waals surface area contributed by atoms with E-state index in [0.717, 1.165) is 24.3 Å². The summed E-state index contributed by atoms with van der Waals surface area (Å²) in [6, 6.07) is 13.0. The molecule has 1 aliphatic rings. The third-order valence-corrected chi connectivity index (χ3v) is 7.70. The lowest BCUT2D eigenvalue weighted by Crippen LogP contribution is -2.41. The van der Waals surface area contributed by atoms with Gasteiger partial charge in [0.25, 0.3) is 0 Å². The zero-order valence-electron chi connectivity index (χ0n) is 20.1. The maximum Gasteiger partial charge on any atom is 0.499 e. The molecule has 0 radical (unpaired) electrons. The third kappa shape index (κ3) is 7.11. The Morgan fingerprint density at radius 3 is 2.02 bits per heavy atom. The van der Waals surface area contributed by atoms with Crippen molar-refractivity contribution in [1.29, 1.82) is 0 Å². The second-order valence-corrected chi connectivity index (χ2v) is 11.7. The Balaban J connectivity index is 1.39. The number of nitrogens with one attached hydrogen (secondary N) is 2. The van der Waals surface area contributed by atoms with E-state index in [9.17, 15) is 31.5 Å². The molecule has 1 aliphatic carbocycles. The van der Waals surface area contributed by atoms with Crippen LogP contribution in [0.3, 0.4) is 0 Å². The third-order valence-electron chi connectivity index (χ3n) is 6.00. The lowest BCUT2D eigenvalue weighted by atomic mass is 10.1. The van der Waals surface area contributed by atoms with Crippen molar-refractivity contribution in [2.75, 3.05) is 17.2 Å². The SMILES string of the molecule is O=C(CNc1ccc(OC(F)(F)C(F)(F)F)cc1)c1cc(NC(=O)C2C(c3cc(Cl)cc(Cl)c3)C2(Cl)Cl)ccc1Cl. The molecule has 0 saturated heterocycles. The average Bonchev–Trinajstić information content (AvgIpc) is 3.45. The molecule has 2 atom stereocenters. The van der Waals surface area contributed by atoms with Gasteiger partial charge in [-0.3, -0.25) is 9.59 Å². The van der Waals surface area contributed by atoms with Gasteiger partial charge in [0.2, 0.25) is 5.91 Å². The molecule has 0 heterocycles. The van der Waals surface area contributed by atoms with E-state index in [1.54, 1.807) is 12.1 Å². The molecule has 1 fully saturated rings. The summed E-state index contributed by atoms with van der Waals surface area (Å²) >= 11 is 31.0. The first kappa shape index (κ1) is 31.4. The van der Waals surface area contributed by atoms with Gasteiger partial charge >= 0.3 is 12.3 Å². The van der Waals surface area contributed by atoms with Gasteiger partial charge in [0.1, 0.15) is 10.1 Å². The summed E-state index contributed by atoms with van der Waals surface area (Å²) in [6.07, 6.45) is -11.3. The highest BCUT2D eigenvalue weighted by molar-refractivity contribution is 6.53. The molecule has 15 heteroatoms. The van der Waals surface area contributed by atoms with Crippen LogP contribution in [-0.4, -0.2) is 34.9 Å². The van der Waals surface area contributed by atoms with Crippen molar-refractivity contribution in [3.8, 4) is 5.75 Å². The minimum atomic E-state index is -5.88. The predicted molar refractivity (Wildman–Crippen MR) is 148 cm³/mol. The molecule has 41 heavy (non-hydrogen) atoms. The molecule has 0 spiro atoms. The fourth-order valence-corrected chi connectivity index (χ4v) is 5.58. The van der Waals surface area contributed by atoms with Crippen molar-refractivity contribution < 1.29 is 36.3 Å². The van der Waals surface area contributed by atoms with Gasteiger partial charge in [-0.1, -0.05) is 34.8 Å². The summed E-state index contributed by atoms with van der Waals surface area (Å²) in [5.74, 6) is -3.20. The van der Waals surface area contributed by atoms with Crippen LogP contribution in [0.1, 0.15) is 21.8 Å². The number of ketones is 1. The number of hydrogen-bond acceptors (Lipinski definition) is 4. The van der Waals surface area contributed by atoms with E-state index in [1.807, 2.05) is 0 Å². The van der Waals surface area contributed by atoms with Gasteiger partial charge in [0.05, 0.1) is 17.5 Å². The van der Waals surface area contributed by atoms with Crippen LogP contribution in [0, 0.1) is 5.92 Å². The first-order chi connectivity index (χ1) is 19.0. The van der Waals surface area contributed by atoms with Crippen LogP contribution in [0.2, 0.25) is 15.1 Å². The quantitative estimate of drug-likeness (QED) is 0.135. The van der Waals surface area contributed by atoms with Gasteiger partial charge in [-0.25, -0.2) is 0 Å². The number of ether oxygens (including phenoxy) is 1. The maximum atomic E-state index is 13.1. The Morgan fingerprint density at radius 1 is 0.854 bits per heavy atom. The Morgan fingerprint density at radius 2 is 1.44 bits per heavy atom. The predicted octanol–water partition coefficient (Wildman–Crippen LogP) is 9.00. The lowest BCUT2D eigenvalue weighted by Gasteiger charge is -2.20. The number of hydrogen-bond donors (Lipinski definition) is 2. The van der Waals surface area contributed by atoms with Crippen molar-refractivity contribution in [2.45, 2.75) is 22.5 Å². The van der Waals surface area contributed by atoms with Gasteiger partial charge < -0.3 is 15.4 Å². The Kier molecular flexibility index (Phi) is 8.93. The fourth-order valence-electron chi connectivity index (χ4n) is 3.98. The van der Waals surface area contributed by atoms with Crippen LogP contribution in [0.4, 0.5) is 33.3 Å². The molecule has 3 aromatic carbocycles. The number of Topliss-reactive ketones (excluding diaryl/α,β-unsaturated/α-hetero) is 1. The number of anilines is 2. The van der Waals surface area contributed by atoms with Crippen LogP contribution < -0.4 is 15.4 Å². The number of benzene rings is 3. The molecule has 0 aliphatic heterocycles. The first-order valence-corrected chi connectivity index (χ1v) is 13.3. The Labute approximate surface area is 254 Å². The molecule has 218 valence electrons. The van der Waals surface area contributed by atoms with E-state index in [1.165, 1.54) is 24.3 Å². The van der Waals surface area contributed by atoms with E-state index in [0.29, 0.717) is 15.6 Å². The number of amides is 1. The van der Waals surface area contributed by atoms with E-state index in [2.05, 4.69) is 15.4 Å². The lowest BCUT2D eigenvalue weighted by molar-refractivity contribution is -0.360. The van der Waals surface area contributed by atoms with Gasteiger partial charge in [-0.15, -0.1) is 23.2 Å². The van der Waals surface area contributed by atoms with Crippen LogP contribution in [0.5, 0.6) is 5.75 Å². The van der Waals surface area contributed by atoms with Gasteiger partial charge in [-0.2, -0.15) is 22.0 Å². The molecular weight excluding hydrogens is 661 g/mol. The average molecular weight is 677 g/mol. The van der Waals surface area contributed by atoms with Crippen LogP contribution in [0.25, 0.3) is 0 Å². The topological polar surface area (TPSA) is 67.4 Å². The molecular formula is C26H16Cl5F5N2O3. The molecule has 2 unspecified atom stereocenters. The monoisotopic (exact) mass is 674 g/mol. The first-order valence-electron chi connectivity index (χ1n) is 11.4. The highest BCUT2D eigenvalue weighted by Crippen LogP contribution is 2.65. The van der Waals surface area contributed by atoms with Crippen LogP contribution >= 0.6 is 58.0 Å². The number of alkyl halides is 7. The Hall–Kier alpha value is -2.50. The van der Waals surface area contributed by atoms with E-state index in [4.69, 9.17) is 58.0 Å². The smallest absolute Gasteiger partial charge is 0.426 e. The minimum Gasteiger partial charge on any atom is -0.426 e. The van der Waals surface area contributed by atoms with Crippen molar-refractivity contribution >= 4 is 81.1 Å². The van der Waals surface area contributed by atoms with Gasteiger partial charge in [-0.05, 0) is 66.2 Å². The van der Waals surface area contributed by atoms with E-state index in [-0.39, 0.29) is 28.5 Å². The number of halogens is 10. The summed E-state index contributed by atoms with van der Waals surface area (Å²) < 4.78 is 65.3. The van der Waals surface area contributed by atoms with Crippen molar-refractivity contribution in [3.63, 3.8) is 0 Å². The molecule has 0 bridgehead atoms. The number of carbonyl (C=O) groups excluding carboxylic acids is 2. The second-order valence-electron chi connectivity index (χ2n) is 8.93. The molecule has 1 saturated carbocycles. The second kappa shape index (κ2) is 11.6. The summed E-state index contributed by atoms with van der Waals surface area (Å²) in [5.41, 5.74) is 1.08. The molecule has 1 amide bonds. The molecule has 5 nitrogen and oxygen atoms in total. The van der Waals surface area contributed by atoms with E-state index < -0.39 is 45.9 Å². The van der Waals surface area contributed by atoms with Crippen molar-refractivity contribution in [1.82, 2.24) is 0 Å². The summed E-state index contributed by atoms with van der Waals surface area (Å²) in [6.45, 7) is -0.331. The summed E-state index contributed by atoms with van der Waals surface area (Å²) in [7, 11) is 0. The zero-order chi connectivity index (χ0) is 30.3. The van der Waals surface area contributed by atoms with Gasteiger partial charge in [0, 0.05) is 32.9 Å². The number of rotatable bonds is 9. The van der Waals surface area contributed by atoms with Gasteiger partial charge in [0.15, 0.2) is 5.78 Å². The minimum absolute atomic E-state index is 0.0405. The van der Waals surface area contributed by atoms with Crippen molar-refractivity contribution in [2.24, 2.45) is 5.92 Å². The zero-order valence-corrected chi connectivity index (χ0v) is 23.9. The standard InChI is InChI=1S/C26H16Cl5F5N2O3/c27-13-7-12(8-14(28)9-13)21-22(24(21,30)31)23(40)38-16-3-6-19(29)18(10-16)20(39)11-37-15-1-4-17(5-2-15)41-26(35,36)25(32,33)34/h1-10,21-22,37H,11H2,(H,38,40). The Bertz CT molecular complexity index is 1470.